The maximum atomic E-state index is 13.0. The highest BCUT2D eigenvalue weighted by atomic mass is 16.5. The second-order valence-corrected chi connectivity index (χ2v) is 7.27. The number of carbonyl (C=O) groups is 1. The van der Waals surface area contributed by atoms with Gasteiger partial charge in [-0.2, -0.15) is 10.1 Å². The van der Waals surface area contributed by atoms with E-state index < -0.39 is 5.91 Å². The van der Waals surface area contributed by atoms with Crippen molar-refractivity contribution in [3.05, 3.63) is 107 Å². The van der Waals surface area contributed by atoms with Crippen molar-refractivity contribution in [2.75, 3.05) is 0 Å². The number of amides is 1. The number of pyridine rings is 1. The van der Waals surface area contributed by atoms with Crippen molar-refractivity contribution in [3.63, 3.8) is 0 Å². The van der Waals surface area contributed by atoms with Crippen LogP contribution in [0.5, 0.6) is 0 Å². The summed E-state index contributed by atoms with van der Waals surface area (Å²) in [5.41, 5.74) is 1.55. The van der Waals surface area contributed by atoms with Crippen molar-refractivity contribution >= 4 is 16.7 Å². The highest BCUT2D eigenvalue weighted by Crippen LogP contribution is 2.16. The molecular formula is C24H18N6O3. The average Bonchev–Trinajstić information content (AvgIpc) is 3.35. The maximum absolute atomic E-state index is 13.0. The molecule has 0 radical (unpaired) electrons. The van der Waals surface area contributed by atoms with E-state index in [-0.39, 0.29) is 30.2 Å². The van der Waals surface area contributed by atoms with Gasteiger partial charge in [0, 0.05) is 23.3 Å². The van der Waals surface area contributed by atoms with E-state index in [4.69, 9.17) is 4.52 Å². The molecule has 0 atom stereocenters. The fourth-order valence-corrected chi connectivity index (χ4v) is 3.45. The van der Waals surface area contributed by atoms with E-state index in [1.165, 1.54) is 4.68 Å². The Kier molecular flexibility index (Phi) is 5.42. The van der Waals surface area contributed by atoms with Gasteiger partial charge in [-0.1, -0.05) is 53.7 Å². The number of rotatable bonds is 6. The lowest BCUT2D eigenvalue weighted by atomic mass is 10.1. The third kappa shape index (κ3) is 4.24. The summed E-state index contributed by atoms with van der Waals surface area (Å²) >= 11 is 0. The molecule has 0 spiro atoms. The average molecular weight is 438 g/mol. The molecule has 162 valence electrons. The molecule has 0 aliphatic rings. The fourth-order valence-electron chi connectivity index (χ4n) is 3.45. The third-order valence-corrected chi connectivity index (χ3v) is 5.06. The van der Waals surface area contributed by atoms with Gasteiger partial charge in [-0.15, -0.1) is 0 Å². The first kappa shape index (κ1) is 20.3. The predicted molar refractivity (Wildman–Crippen MR) is 120 cm³/mol. The summed E-state index contributed by atoms with van der Waals surface area (Å²) in [6.45, 7) is 0.272. The zero-order chi connectivity index (χ0) is 22.6. The minimum Gasteiger partial charge on any atom is -0.342 e. The second-order valence-electron chi connectivity index (χ2n) is 7.27. The molecule has 2 aromatic carbocycles. The van der Waals surface area contributed by atoms with Gasteiger partial charge in [-0.25, -0.2) is 4.68 Å². The molecule has 0 saturated heterocycles. The van der Waals surface area contributed by atoms with Crippen molar-refractivity contribution in [1.29, 1.82) is 0 Å². The van der Waals surface area contributed by atoms with Crippen LogP contribution in [0.15, 0.2) is 88.4 Å². The number of nitrogens with one attached hydrogen (secondary N) is 1. The van der Waals surface area contributed by atoms with Gasteiger partial charge in [0.1, 0.15) is 0 Å². The zero-order valence-electron chi connectivity index (χ0n) is 17.4. The minimum atomic E-state index is -0.448. The summed E-state index contributed by atoms with van der Waals surface area (Å²) in [6.07, 6.45) is 3.27. The van der Waals surface area contributed by atoms with Crippen molar-refractivity contribution in [2.24, 2.45) is 0 Å². The Morgan fingerprint density at radius 2 is 1.67 bits per heavy atom. The van der Waals surface area contributed by atoms with Crippen molar-refractivity contribution in [1.82, 2.24) is 30.2 Å². The van der Waals surface area contributed by atoms with Gasteiger partial charge >= 0.3 is 0 Å². The molecule has 5 rings (SSSR count). The summed E-state index contributed by atoms with van der Waals surface area (Å²) in [7, 11) is 0. The molecule has 1 N–H and O–H groups in total. The Labute approximate surface area is 187 Å². The van der Waals surface area contributed by atoms with Crippen LogP contribution in [-0.4, -0.2) is 30.8 Å². The number of carbonyl (C=O) groups excluding carboxylic acids is 1. The summed E-state index contributed by atoms with van der Waals surface area (Å²) < 4.78 is 6.55. The second kappa shape index (κ2) is 8.83. The Morgan fingerprint density at radius 1 is 0.939 bits per heavy atom. The Balaban J connectivity index is 1.42. The van der Waals surface area contributed by atoms with Crippen LogP contribution in [0.4, 0.5) is 0 Å². The molecule has 0 aliphatic carbocycles. The number of fused-ring (bicyclic) bond motifs is 1. The number of hydrogen-bond acceptors (Lipinski definition) is 7. The third-order valence-electron chi connectivity index (χ3n) is 5.06. The highest BCUT2D eigenvalue weighted by molar-refractivity contribution is 6.04. The number of aromatic nitrogens is 5. The molecule has 0 bridgehead atoms. The monoisotopic (exact) mass is 438 g/mol. The van der Waals surface area contributed by atoms with E-state index in [9.17, 15) is 9.59 Å². The standard InChI is InChI=1S/C24H18N6O3/c31-23(26-14-20-27-22(29-33-20)17-10-12-25-13-11-17)21-18-8-4-5-9-19(18)24(32)30(28-21)15-16-6-2-1-3-7-16/h1-13H,14-15H2,(H,26,31). The lowest BCUT2D eigenvalue weighted by Gasteiger charge is -2.11. The van der Waals surface area contributed by atoms with Crippen molar-refractivity contribution < 1.29 is 9.32 Å². The van der Waals surface area contributed by atoms with E-state index in [1.54, 1.807) is 48.8 Å². The zero-order valence-corrected chi connectivity index (χ0v) is 17.4. The van der Waals surface area contributed by atoms with E-state index >= 15 is 0 Å². The van der Waals surface area contributed by atoms with Gasteiger partial charge in [0.25, 0.3) is 11.5 Å². The lowest BCUT2D eigenvalue weighted by Crippen LogP contribution is -2.30. The summed E-state index contributed by atoms with van der Waals surface area (Å²) in [5, 5.41) is 12.0. The number of benzene rings is 2. The van der Waals surface area contributed by atoms with Crippen LogP contribution in [0.1, 0.15) is 21.9 Å². The Bertz CT molecular complexity index is 1480. The van der Waals surface area contributed by atoms with Gasteiger partial charge in [-0.3, -0.25) is 14.6 Å². The molecule has 3 heterocycles. The Morgan fingerprint density at radius 3 is 2.45 bits per heavy atom. The van der Waals surface area contributed by atoms with Crippen LogP contribution in [-0.2, 0) is 13.1 Å². The van der Waals surface area contributed by atoms with Gasteiger partial charge in [0.2, 0.25) is 11.7 Å². The smallest absolute Gasteiger partial charge is 0.274 e. The molecule has 1 amide bonds. The van der Waals surface area contributed by atoms with Crippen LogP contribution in [0, 0.1) is 0 Å². The Hall–Kier alpha value is -4.66. The van der Waals surface area contributed by atoms with Crippen LogP contribution in [0.3, 0.4) is 0 Å². The molecule has 3 aromatic heterocycles. The molecule has 9 heteroatoms. The van der Waals surface area contributed by atoms with Crippen LogP contribution in [0.2, 0.25) is 0 Å². The van der Waals surface area contributed by atoms with Crippen LogP contribution >= 0.6 is 0 Å². The molecule has 0 saturated carbocycles. The SMILES string of the molecule is O=C(NCc1nc(-c2ccncc2)no1)c1nn(Cc2ccccc2)c(=O)c2ccccc12. The molecule has 0 aliphatic heterocycles. The molecule has 0 unspecified atom stereocenters. The van der Waals surface area contributed by atoms with Crippen molar-refractivity contribution in [3.8, 4) is 11.4 Å². The lowest BCUT2D eigenvalue weighted by molar-refractivity contribution is 0.0941. The molecule has 9 nitrogen and oxygen atoms in total. The first-order valence-electron chi connectivity index (χ1n) is 10.2. The first-order valence-corrected chi connectivity index (χ1v) is 10.2. The van der Waals surface area contributed by atoms with E-state index in [1.807, 2.05) is 30.3 Å². The molecule has 33 heavy (non-hydrogen) atoms. The maximum Gasteiger partial charge on any atom is 0.274 e. The minimum absolute atomic E-state index is 0.0186. The van der Waals surface area contributed by atoms with Gasteiger partial charge < -0.3 is 9.84 Å². The van der Waals surface area contributed by atoms with Gasteiger partial charge in [-0.05, 0) is 23.8 Å². The van der Waals surface area contributed by atoms with E-state index in [0.717, 1.165) is 11.1 Å². The van der Waals surface area contributed by atoms with Gasteiger partial charge in [0.15, 0.2) is 5.69 Å². The summed E-state index contributed by atoms with van der Waals surface area (Å²) in [4.78, 5) is 34.3. The molecule has 0 fully saturated rings. The topological polar surface area (TPSA) is 116 Å². The predicted octanol–water partition coefficient (Wildman–Crippen LogP) is 2.82. The highest BCUT2D eigenvalue weighted by Gasteiger charge is 2.18. The van der Waals surface area contributed by atoms with Crippen LogP contribution in [0.25, 0.3) is 22.2 Å². The van der Waals surface area contributed by atoms with Crippen LogP contribution < -0.4 is 10.9 Å². The summed E-state index contributed by atoms with van der Waals surface area (Å²) in [5.74, 6) is 0.204. The quantitative estimate of drug-likeness (QED) is 0.433. The van der Waals surface area contributed by atoms with E-state index in [2.05, 4.69) is 25.5 Å². The number of hydrogen-bond donors (Lipinski definition) is 1. The fraction of sp³-hybridized carbons (Fsp3) is 0.0833. The first-order chi connectivity index (χ1) is 16.2. The van der Waals surface area contributed by atoms with Gasteiger partial charge in [0.05, 0.1) is 18.5 Å². The molecule has 5 aromatic rings. The number of nitrogens with zero attached hydrogens (tertiary/aromatic N) is 5. The van der Waals surface area contributed by atoms with E-state index in [0.29, 0.717) is 16.6 Å². The summed E-state index contributed by atoms with van der Waals surface area (Å²) in [6, 6.07) is 19.9. The molecular weight excluding hydrogens is 420 g/mol. The largest absolute Gasteiger partial charge is 0.342 e. The van der Waals surface area contributed by atoms with Crippen molar-refractivity contribution in [2.45, 2.75) is 13.1 Å². The normalized spacial score (nSPS) is 10.9.